The van der Waals surface area contributed by atoms with Crippen molar-refractivity contribution in [2.75, 3.05) is 20.2 Å². The lowest BCUT2D eigenvalue weighted by Crippen LogP contribution is -2.20. The highest BCUT2D eigenvalue weighted by Gasteiger charge is 1.93. The van der Waals surface area contributed by atoms with Gasteiger partial charge in [-0.25, -0.2) is 9.97 Å². The van der Waals surface area contributed by atoms with Gasteiger partial charge in [0.15, 0.2) is 0 Å². The van der Waals surface area contributed by atoms with E-state index in [9.17, 15) is 0 Å². The van der Waals surface area contributed by atoms with Crippen LogP contribution in [0.3, 0.4) is 0 Å². The van der Waals surface area contributed by atoms with E-state index in [1.165, 1.54) is 0 Å². The summed E-state index contributed by atoms with van der Waals surface area (Å²) in [6.07, 6.45) is 8.67. The van der Waals surface area contributed by atoms with Gasteiger partial charge in [-0.3, -0.25) is 0 Å². The van der Waals surface area contributed by atoms with Crippen LogP contribution in [0.5, 0.6) is 6.01 Å². The summed E-state index contributed by atoms with van der Waals surface area (Å²) < 4.78 is 4.89. The first-order valence-corrected chi connectivity index (χ1v) is 5.95. The molecular weight excluding hydrogens is 214 g/mol. The Balaban J connectivity index is 2.23. The third-order valence-electron chi connectivity index (χ3n) is 2.18. The van der Waals surface area contributed by atoms with Crippen molar-refractivity contribution >= 4 is 6.08 Å². The molecule has 4 nitrogen and oxygen atoms in total. The first kappa shape index (κ1) is 13.6. The van der Waals surface area contributed by atoms with Crippen molar-refractivity contribution in [3.8, 4) is 6.01 Å². The van der Waals surface area contributed by atoms with Gasteiger partial charge in [-0.15, -0.1) is 0 Å². The lowest BCUT2D eigenvalue weighted by Gasteiger charge is -2.04. The normalized spacial score (nSPS) is 11.3. The number of hydrogen-bond acceptors (Lipinski definition) is 4. The van der Waals surface area contributed by atoms with E-state index in [1.807, 2.05) is 6.08 Å². The molecule has 0 spiro atoms. The second-order valence-electron chi connectivity index (χ2n) is 4.29. The zero-order valence-electron chi connectivity index (χ0n) is 10.8. The van der Waals surface area contributed by atoms with Crippen LogP contribution in [0.1, 0.15) is 25.8 Å². The fourth-order valence-corrected chi connectivity index (χ4v) is 1.31. The molecular formula is C13H21N3O. The molecule has 0 bridgehead atoms. The Morgan fingerprint density at radius 1 is 1.35 bits per heavy atom. The molecule has 0 saturated carbocycles. The highest BCUT2D eigenvalue weighted by molar-refractivity contribution is 5.46. The number of methoxy groups -OCH3 is 1. The van der Waals surface area contributed by atoms with E-state index in [0.717, 1.165) is 25.1 Å². The van der Waals surface area contributed by atoms with Crippen LogP contribution in [0, 0.1) is 5.92 Å². The minimum atomic E-state index is 0.403. The average Bonchev–Trinajstić information content (AvgIpc) is 2.34. The number of hydrogen-bond donors (Lipinski definition) is 1. The van der Waals surface area contributed by atoms with Crippen molar-refractivity contribution < 1.29 is 4.74 Å². The molecule has 0 atom stereocenters. The van der Waals surface area contributed by atoms with Gasteiger partial charge in [-0.05, 0) is 25.4 Å². The molecule has 17 heavy (non-hydrogen) atoms. The van der Waals surface area contributed by atoms with Gasteiger partial charge < -0.3 is 10.1 Å². The molecule has 0 aliphatic rings. The maximum absolute atomic E-state index is 4.89. The molecule has 0 unspecified atom stereocenters. The number of nitrogens with one attached hydrogen (secondary N) is 1. The van der Waals surface area contributed by atoms with E-state index in [1.54, 1.807) is 19.5 Å². The lowest BCUT2D eigenvalue weighted by atomic mass is 10.2. The van der Waals surface area contributed by atoms with Crippen molar-refractivity contribution in [2.24, 2.45) is 5.92 Å². The van der Waals surface area contributed by atoms with Gasteiger partial charge in [0.05, 0.1) is 7.11 Å². The molecule has 4 heteroatoms. The number of aromatic nitrogens is 2. The second-order valence-corrected chi connectivity index (χ2v) is 4.29. The van der Waals surface area contributed by atoms with Crippen LogP contribution in [-0.4, -0.2) is 30.2 Å². The van der Waals surface area contributed by atoms with Crippen LogP contribution in [0.25, 0.3) is 6.08 Å². The highest BCUT2D eigenvalue weighted by atomic mass is 16.5. The summed E-state index contributed by atoms with van der Waals surface area (Å²) >= 11 is 0. The van der Waals surface area contributed by atoms with Crippen LogP contribution < -0.4 is 10.1 Å². The van der Waals surface area contributed by atoms with Crippen molar-refractivity contribution in [1.82, 2.24) is 15.3 Å². The van der Waals surface area contributed by atoms with Crippen LogP contribution >= 0.6 is 0 Å². The maximum Gasteiger partial charge on any atom is 0.316 e. The molecule has 0 aromatic carbocycles. The first-order valence-electron chi connectivity index (χ1n) is 5.95. The van der Waals surface area contributed by atoms with Crippen LogP contribution in [0.2, 0.25) is 0 Å². The summed E-state index contributed by atoms with van der Waals surface area (Å²) in [5.41, 5.74) is 0.995. The average molecular weight is 235 g/mol. The van der Waals surface area contributed by atoms with Gasteiger partial charge in [0, 0.05) is 18.0 Å². The van der Waals surface area contributed by atoms with Crippen molar-refractivity contribution in [1.29, 1.82) is 0 Å². The number of rotatable bonds is 7. The van der Waals surface area contributed by atoms with Gasteiger partial charge in [-0.1, -0.05) is 26.0 Å². The van der Waals surface area contributed by atoms with E-state index in [4.69, 9.17) is 4.74 Å². The molecule has 0 aliphatic carbocycles. The third kappa shape index (κ3) is 6.02. The van der Waals surface area contributed by atoms with Crippen LogP contribution in [0.4, 0.5) is 0 Å². The Hall–Kier alpha value is -1.42. The Labute approximate surface area is 103 Å². The standard InChI is InChI=1S/C13H21N3O/c1-11(2)8-14-7-5-4-6-12-9-15-13(17-3)16-10-12/h4,6,9-11,14H,5,7-8H2,1-3H3/b6-4+. The molecule has 0 aliphatic heterocycles. The quantitative estimate of drug-likeness (QED) is 0.735. The van der Waals surface area contributed by atoms with Gasteiger partial charge in [0.2, 0.25) is 0 Å². The summed E-state index contributed by atoms with van der Waals surface area (Å²) in [6.45, 7) is 6.49. The van der Waals surface area contributed by atoms with E-state index >= 15 is 0 Å². The minimum absolute atomic E-state index is 0.403. The Morgan fingerprint density at radius 2 is 2.06 bits per heavy atom. The zero-order chi connectivity index (χ0) is 12.5. The first-order chi connectivity index (χ1) is 8.22. The van der Waals surface area contributed by atoms with Crippen molar-refractivity contribution in [3.05, 3.63) is 24.0 Å². The van der Waals surface area contributed by atoms with Crippen molar-refractivity contribution in [3.63, 3.8) is 0 Å². The fourth-order valence-electron chi connectivity index (χ4n) is 1.31. The maximum atomic E-state index is 4.89. The smallest absolute Gasteiger partial charge is 0.316 e. The summed E-state index contributed by atoms with van der Waals surface area (Å²) in [6, 6.07) is 0.403. The second kappa shape index (κ2) is 7.79. The van der Waals surface area contributed by atoms with Gasteiger partial charge in [0.1, 0.15) is 0 Å². The van der Waals surface area contributed by atoms with Gasteiger partial charge in [-0.2, -0.15) is 0 Å². The van der Waals surface area contributed by atoms with Crippen LogP contribution in [0.15, 0.2) is 18.5 Å². The summed E-state index contributed by atoms with van der Waals surface area (Å²) in [4.78, 5) is 8.07. The van der Waals surface area contributed by atoms with Crippen molar-refractivity contribution in [2.45, 2.75) is 20.3 Å². The Morgan fingerprint density at radius 3 is 2.65 bits per heavy atom. The molecule has 1 rings (SSSR count). The molecule has 0 fully saturated rings. The predicted molar refractivity (Wildman–Crippen MR) is 69.9 cm³/mol. The molecule has 0 saturated heterocycles. The molecule has 1 N–H and O–H groups in total. The number of nitrogens with zero attached hydrogens (tertiary/aromatic N) is 2. The van der Waals surface area contributed by atoms with Gasteiger partial charge in [0.25, 0.3) is 0 Å². The van der Waals surface area contributed by atoms with E-state index < -0.39 is 0 Å². The van der Waals surface area contributed by atoms with Crippen LogP contribution in [-0.2, 0) is 0 Å². The minimum Gasteiger partial charge on any atom is -0.467 e. The summed E-state index contributed by atoms with van der Waals surface area (Å²) in [7, 11) is 1.56. The molecule has 0 radical (unpaired) electrons. The number of ether oxygens (including phenoxy) is 1. The topological polar surface area (TPSA) is 47.0 Å². The van der Waals surface area contributed by atoms with Gasteiger partial charge >= 0.3 is 6.01 Å². The molecule has 1 heterocycles. The largest absolute Gasteiger partial charge is 0.467 e. The van der Waals surface area contributed by atoms with E-state index in [2.05, 4.69) is 35.2 Å². The third-order valence-corrected chi connectivity index (χ3v) is 2.18. The van der Waals surface area contributed by atoms with E-state index in [-0.39, 0.29) is 0 Å². The monoisotopic (exact) mass is 235 g/mol. The zero-order valence-corrected chi connectivity index (χ0v) is 10.8. The predicted octanol–water partition coefficient (Wildman–Crippen LogP) is 2.13. The molecule has 94 valence electrons. The molecule has 1 aromatic rings. The van der Waals surface area contributed by atoms with E-state index in [0.29, 0.717) is 11.9 Å². The highest BCUT2D eigenvalue weighted by Crippen LogP contribution is 2.03. The SMILES string of the molecule is COc1ncc(/C=C/CCNCC(C)C)cn1. The Bertz CT molecular complexity index is 333. The summed E-state index contributed by atoms with van der Waals surface area (Å²) in [5.74, 6) is 0.703. The summed E-state index contributed by atoms with van der Waals surface area (Å²) in [5, 5.41) is 3.39. The molecule has 1 aromatic heterocycles. The lowest BCUT2D eigenvalue weighted by molar-refractivity contribution is 0.379. The fraction of sp³-hybridized carbons (Fsp3) is 0.538. The Kier molecular flexibility index (Phi) is 6.25. The molecule has 0 amide bonds.